The van der Waals surface area contributed by atoms with Crippen molar-refractivity contribution in [3.8, 4) is 5.75 Å². The zero-order valence-electron chi connectivity index (χ0n) is 16.4. The molecule has 0 aliphatic carbocycles. The van der Waals surface area contributed by atoms with Crippen LogP contribution in [-0.2, 0) is 24.3 Å². The third kappa shape index (κ3) is 4.26. The SMILES string of the molecule is CC1CN(CC(=O)NCc2ccc3c(c2)CCN3C)Cc2cc(Cl)ccc2O1. The number of nitrogens with one attached hydrogen (secondary N) is 1. The van der Waals surface area contributed by atoms with Crippen LogP contribution in [0.1, 0.15) is 23.6 Å². The zero-order chi connectivity index (χ0) is 19.7. The van der Waals surface area contributed by atoms with Gasteiger partial charge in [-0.15, -0.1) is 0 Å². The van der Waals surface area contributed by atoms with E-state index in [4.69, 9.17) is 16.3 Å². The molecule has 1 atom stereocenters. The second kappa shape index (κ2) is 8.02. The van der Waals surface area contributed by atoms with Crippen molar-refractivity contribution in [2.75, 3.05) is 31.6 Å². The van der Waals surface area contributed by atoms with Gasteiger partial charge in [0, 0.05) is 49.5 Å². The Morgan fingerprint density at radius 1 is 1.25 bits per heavy atom. The summed E-state index contributed by atoms with van der Waals surface area (Å²) in [6.07, 6.45) is 1.09. The van der Waals surface area contributed by atoms with Crippen LogP contribution in [0.4, 0.5) is 5.69 Å². The molecule has 2 aliphatic rings. The summed E-state index contributed by atoms with van der Waals surface area (Å²) < 4.78 is 5.97. The summed E-state index contributed by atoms with van der Waals surface area (Å²) in [7, 11) is 2.12. The summed E-state index contributed by atoms with van der Waals surface area (Å²) in [5.41, 5.74) is 4.83. The Bertz CT molecular complexity index is 886. The van der Waals surface area contributed by atoms with Crippen LogP contribution in [0.25, 0.3) is 0 Å². The van der Waals surface area contributed by atoms with Gasteiger partial charge in [-0.05, 0) is 48.7 Å². The lowest BCUT2D eigenvalue weighted by atomic mass is 10.1. The first-order chi connectivity index (χ1) is 13.5. The molecule has 1 amide bonds. The minimum Gasteiger partial charge on any atom is -0.489 e. The van der Waals surface area contributed by atoms with E-state index in [9.17, 15) is 4.79 Å². The first-order valence-electron chi connectivity index (χ1n) is 9.75. The fourth-order valence-corrected chi connectivity index (χ4v) is 4.21. The highest BCUT2D eigenvalue weighted by atomic mass is 35.5. The molecule has 148 valence electrons. The number of hydrogen-bond donors (Lipinski definition) is 1. The van der Waals surface area contributed by atoms with Crippen LogP contribution >= 0.6 is 11.6 Å². The Hall–Kier alpha value is -2.24. The molecule has 1 unspecified atom stereocenters. The van der Waals surface area contributed by atoms with Crippen molar-refractivity contribution in [2.24, 2.45) is 0 Å². The Balaban J connectivity index is 1.36. The highest BCUT2D eigenvalue weighted by molar-refractivity contribution is 6.30. The summed E-state index contributed by atoms with van der Waals surface area (Å²) >= 11 is 6.13. The number of amides is 1. The number of fused-ring (bicyclic) bond motifs is 2. The Kier molecular flexibility index (Phi) is 5.47. The van der Waals surface area contributed by atoms with Crippen LogP contribution < -0.4 is 15.0 Å². The van der Waals surface area contributed by atoms with Crippen molar-refractivity contribution in [3.63, 3.8) is 0 Å². The number of halogens is 1. The summed E-state index contributed by atoms with van der Waals surface area (Å²) in [5, 5.41) is 3.74. The molecule has 0 spiro atoms. The van der Waals surface area contributed by atoms with Gasteiger partial charge in [-0.25, -0.2) is 0 Å². The number of benzene rings is 2. The third-order valence-corrected chi connectivity index (χ3v) is 5.62. The summed E-state index contributed by atoms with van der Waals surface area (Å²) in [6, 6.07) is 12.1. The van der Waals surface area contributed by atoms with Gasteiger partial charge < -0.3 is 15.0 Å². The number of hydrogen-bond acceptors (Lipinski definition) is 4. The molecule has 28 heavy (non-hydrogen) atoms. The predicted octanol–water partition coefficient (Wildman–Crippen LogP) is 3.23. The standard InChI is InChI=1S/C22H26ClN3O2/c1-15-12-26(13-18-10-19(23)4-6-21(18)28-15)14-22(27)24-11-16-3-5-20-17(9-16)7-8-25(20)2/h3-6,9-10,15H,7-8,11-14H2,1-2H3,(H,24,27). The smallest absolute Gasteiger partial charge is 0.234 e. The van der Waals surface area contributed by atoms with Crippen molar-refractivity contribution in [1.29, 1.82) is 0 Å². The van der Waals surface area contributed by atoms with E-state index in [0.29, 0.717) is 31.2 Å². The molecule has 2 aliphatic heterocycles. The van der Waals surface area contributed by atoms with Gasteiger partial charge in [0.15, 0.2) is 0 Å². The molecular formula is C22H26ClN3O2. The van der Waals surface area contributed by atoms with Crippen LogP contribution in [0.2, 0.25) is 5.02 Å². The maximum absolute atomic E-state index is 12.5. The van der Waals surface area contributed by atoms with Crippen molar-refractivity contribution >= 4 is 23.2 Å². The molecule has 0 bridgehead atoms. The number of nitrogens with zero attached hydrogens (tertiary/aromatic N) is 2. The first kappa shape index (κ1) is 19.1. The fraction of sp³-hybridized carbons (Fsp3) is 0.409. The molecule has 4 rings (SSSR count). The van der Waals surface area contributed by atoms with Gasteiger partial charge in [0.25, 0.3) is 0 Å². The van der Waals surface area contributed by atoms with Crippen LogP contribution in [0, 0.1) is 0 Å². The second-order valence-corrected chi connectivity index (χ2v) is 8.20. The maximum Gasteiger partial charge on any atom is 0.234 e. The van der Waals surface area contributed by atoms with Gasteiger partial charge in [-0.3, -0.25) is 9.69 Å². The van der Waals surface area contributed by atoms with E-state index < -0.39 is 0 Å². The highest BCUT2D eigenvalue weighted by Gasteiger charge is 2.22. The molecule has 0 aromatic heterocycles. The minimum absolute atomic E-state index is 0.0175. The topological polar surface area (TPSA) is 44.8 Å². The lowest BCUT2D eigenvalue weighted by Gasteiger charge is -2.21. The minimum atomic E-state index is 0.0175. The maximum atomic E-state index is 12.5. The van der Waals surface area contributed by atoms with Crippen LogP contribution in [0.5, 0.6) is 5.75 Å². The van der Waals surface area contributed by atoms with Gasteiger partial charge in [0.2, 0.25) is 5.91 Å². The second-order valence-electron chi connectivity index (χ2n) is 7.76. The number of carbonyl (C=O) groups is 1. The zero-order valence-corrected chi connectivity index (χ0v) is 17.1. The van der Waals surface area contributed by atoms with Crippen molar-refractivity contribution in [3.05, 3.63) is 58.1 Å². The van der Waals surface area contributed by atoms with Crippen molar-refractivity contribution < 1.29 is 9.53 Å². The van der Waals surface area contributed by atoms with Crippen molar-refractivity contribution in [1.82, 2.24) is 10.2 Å². The van der Waals surface area contributed by atoms with E-state index in [1.807, 2.05) is 25.1 Å². The van der Waals surface area contributed by atoms with E-state index in [1.165, 1.54) is 11.3 Å². The van der Waals surface area contributed by atoms with E-state index in [2.05, 4.69) is 40.4 Å². The quantitative estimate of drug-likeness (QED) is 0.857. The lowest BCUT2D eigenvalue weighted by Crippen LogP contribution is -2.39. The molecule has 0 fully saturated rings. The molecule has 0 radical (unpaired) electrons. The molecule has 2 heterocycles. The van der Waals surface area contributed by atoms with Gasteiger partial charge in [0.05, 0.1) is 6.54 Å². The Labute approximate surface area is 171 Å². The number of carbonyl (C=O) groups excluding carboxylic acids is 1. The molecule has 5 nitrogen and oxygen atoms in total. The summed E-state index contributed by atoms with van der Waals surface area (Å²) in [5.74, 6) is 0.873. The van der Waals surface area contributed by atoms with Gasteiger partial charge >= 0.3 is 0 Å². The van der Waals surface area contributed by atoms with E-state index in [-0.39, 0.29) is 12.0 Å². The van der Waals surface area contributed by atoms with E-state index in [0.717, 1.165) is 29.8 Å². The molecule has 0 saturated carbocycles. The number of anilines is 1. The molecule has 2 aromatic carbocycles. The highest BCUT2D eigenvalue weighted by Crippen LogP contribution is 2.28. The van der Waals surface area contributed by atoms with E-state index in [1.54, 1.807) is 0 Å². The van der Waals surface area contributed by atoms with Gasteiger partial charge in [0.1, 0.15) is 11.9 Å². The van der Waals surface area contributed by atoms with Crippen molar-refractivity contribution in [2.45, 2.75) is 32.5 Å². The number of likely N-dealkylation sites (N-methyl/N-ethyl adjacent to an activating group) is 1. The number of rotatable bonds is 4. The van der Waals surface area contributed by atoms with Gasteiger partial charge in [-0.1, -0.05) is 23.7 Å². The van der Waals surface area contributed by atoms with E-state index >= 15 is 0 Å². The molecule has 0 saturated heterocycles. The molecular weight excluding hydrogens is 374 g/mol. The summed E-state index contributed by atoms with van der Waals surface area (Å²) in [6.45, 7) is 5.33. The average molecular weight is 400 g/mol. The normalized spacial score (nSPS) is 18.8. The van der Waals surface area contributed by atoms with Crippen LogP contribution in [0.3, 0.4) is 0 Å². The predicted molar refractivity (Wildman–Crippen MR) is 112 cm³/mol. The largest absolute Gasteiger partial charge is 0.489 e. The average Bonchev–Trinajstić information content (AvgIpc) is 2.94. The monoisotopic (exact) mass is 399 g/mol. The first-order valence-corrected chi connectivity index (χ1v) is 10.1. The lowest BCUT2D eigenvalue weighted by molar-refractivity contribution is -0.122. The molecule has 2 aromatic rings. The Morgan fingerprint density at radius 3 is 2.96 bits per heavy atom. The van der Waals surface area contributed by atoms with Crippen LogP contribution in [-0.4, -0.2) is 43.6 Å². The van der Waals surface area contributed by atoms with Gasteiger partial charge in [-0.2, -0.15) is 0 Å². The molecule has 6 heteroatoms. The Morgan fingerprint density at radius 2 is 2.11 bits per heavy atom. The summed E-state index contributed by atoms with van der Waals surface area (Å²) in [4.78, 5) is 16.9. The third-order valence-electron chi connectivity index (χ3n) is 5.39. The van der Waals surface area contributed by atoms with Crippen LogP contribution in [0.15, 0.2) is 36.4 Å². The number of ether oxygens (including phenoxy) is 1. The molecule has 1 N–H and O–H groups in total. The fourth-order valence-electron chi connectivity index (χ4n) is 4.02.